The van der Waals surface area contributed by atoms with Crippen molar-refractivity contribution in [3.8, 4) is 0 Å². The lowest BCUT2D eigenvalue weighted by Gasteiger charge is -2.32. The fourth-order valence-electron chi connectivity index (χ4n) is 4.82. The number of pyridine rings is 1. The van der Waals surface area contributed by atoms with Gasteiger partial charge in [0.1, 0.15) is 5.60 Å². The molecule has 2 aromatic carbocycles. The lowest BCUT2D eigenvalue weighted by molar-refractivity contribution is 0.0520. The molecule has 8 heteroatoms. The summed E-state index contributed by atoms with van der Waals surface area (Å²) < 4.78 is 7.56. The van der Waals surface area contributed by atoms with E-state index in [1.165, 1.54) is 0 Å². The number of imidazole rings is 1. The van der Waals surface area contributed by atoms with Crippen LogP contribution in [0.2, 0.25) is 0 Å². The maximum absolute atomic E-state index is 11.9. The Morgan fingerprint density at radius 2 is 1.70 bits per heavy atom. The Labute approximate surface area is 218 Å². The third kappa shape index (κ3) is 6.38. The molecule has 1 aliphatic rings. The minimum atomic E-state index is -0.477. The fraction of sp³-hybridized carbons (Fsp3) is 0.414. The van der Waals surface area contributed by atoms with E-state index in [2.05, 4.69) is 62.6 Å². The third-order valence-electron chi connectivity index (χ3n) is 6.65. The van der Waals surface area contributed by atoms with Gasteiger partial charge in [-0.15, -0.1) is 0 Å². The number of hydrogen-bond acceptors (Lipinski definition) is 6. The van der Waals surface area contributed by atoms with Gasteiger partial charge in [-0.25, -0.2) is 9.78 Å². The van der Waals surface area contributed by atoms with Gasteiger partial charge >= 0.3 is 6.09 Å². The minimum Gasteiger partial charge on any atom is -0.444 e. The van der Waals surface area contributed by atoms with E-state index in [1.807, 2.05) is 39.0 Å². The number of nitrogens with one attached hydrogen (secondary N) is 2. The Morgan fingerprint density at radius 3 is 2.49 bits per heavy atom. The predicted octanol–water partition coefficient (Wildman–Crippen LogP) is 5.03. The van der Waals surface area contributed by atoms with E-state index in [4.69, 9.17) is 14.7 Å². The second kappa shape index (κ2) is 10.8. The molecule has 5 rings (SSSR count). The summed E-state index contributed by atoms with van der Waals surface area (Å²) in [6.45, 7) is 9.62. The molecule has 0 atom stereocenters. The zero-order valence-electron chi connectivity index (χ0n) is 21.9. The number of carbonyl (C=O) groups is 1. The van der Waals surface area contributed by atoms with Crippen LogP contribution in [0.5, 0.6) is 0 Å². The Hall–Kier alpha value is -3.65. The molecule has 0 radical (unpaired) electrons. The van der Waals surface area contributed by atoms with Crippen LogP contribution in [-0.4, -0.2) is 63.4 Å². The molecule has 1 saturated heterocycles. The quantitative estimate of drug-likeness (QED) is 0.370. The molecule has 0 aliphatic carbocycles. The molecular formula is C29H36N6O2. The summed E-state index contributed by atoms with van der Waals surface area (Å²) >= 11 is 0. The van der Waals surface area contributed by atoms with Crippen molar-refractivity contribution in [3.05, 3.63) is 66.4 Å². The highest BCUT2D eigenvalue weighted by molar-refractivity contribution is 5.80. The highest BCUT2D eigenvalue weighted by Crippen LogP contribution is 2.24. The minimum absolute atomic E-state index is 0.343. The number of piperidine rings is 1. The second-order valence-electron chi connectivity index (χ2n) is 10.7. The maximum atomic E-state index is 11.9. The number of para-hydroxylation sites is 3. The first-order valence-electron chi connectivity index (χ1n) is 13.1. The molecule has 0 bridgehead atoms. The molecule has 1 amide bonds. The van der Waals surface area contributed by atoms with Crippen LogP contribution < -0.4 is 10.6 Å². The lowest BCUT2D eigenvalue weighted by atomic mass is 10.1. The van der Waals surface area contributed by atoms with E-state index in [1.54, 1.807) is 0 Å². The van der Waals surface area contributed by atoms with E-state index in [0.29, 0.717) is 19.1 Å². The van der Waals surface area contributed by atoms with Gasteiger partial charge < -0.3 is 24.8 Å². The van der Waals surface area contributed by atoms with Crippen molar-refractivity contribution in [3.63, 3.8) is 0 Å². The first kappa shape index (κ1) is 25.0. The van der Waals surface area contributed by atoms with Gasteiger partial charge in [0, 0.05) is 37.6 Å². The zero-order chi connectivity index (χ0) is 25.8. The van der Waals surface area contributed by atoms with Gasteiger partial charge in [-0.1, -0.05) is 36.4 Å². The second-order valence-corrected chi connectivity index (χ2v) is 10.7. The molecule has 0 unspecified atom stereocenters. The first-order chi connectivity index (χ1) is 17.8. The average Bonchev–Trinajstić information content (AvgIpc) is 3.20. The molecule has 194 valence electrons. The van der Waals surface area contributed by atoms with E-state index in [9.17, 15) is 4.79 Å². The fourth-order valence-corrected chi connectivity index (χ4v) is 4.82. The third-order valence-corrected chi connectivity index (χ3v) is 6.65. The van der Waals surface area contributed by atoms with Gasteiger partial charge in [0.05, 0.1) is 28.8 Å². The summed E-state index contributed by atoms with van der Waals surface area (Å²) in [5, 5.41) is 7.73. The Morgan fingerprint density at radius 1 is 0.973 bits per heavy atom. The number of anilines is 1. The molecule has 37 heavy (non-hydrogen) atoms. The Bertz CT molecular complexity index is 1370. The highest BCUT2D eigenvalue weighted by atomic mass is 16.6. The van der Waals surface area contributed by atoms with Crippen LogP contribution in [0.25, 0.3) is 21.9 Å². The van der Waals surface area contributed by atoms with E-state index in [-0.39, 0.29) is 6.09 Å². The molecular weight excluding hydrogens is 464 g/mol. The molecule has 0 spiro atoms. The van der Waals surface area contributed by atoms with Crippen molar-refractivity contribution in [2.45, 2.75) is 51.8 Å². The van der Waals surface area contributed by atoms with Crippen LogP contribution in [0.4, 0.5) is 10.7 Å². The predicted molar refractivity (Wildman–Crippen MR) is 148 cm³/mol. The molecule has 8 nitrogen and oxygen atoms in total. The topological polar surface area (TPSA) is 84.3 Å². The molecule has 1 aliphatic heterocycles. The number of nitrogens with zero attached hydrogens (tertiary/aromatic N) is 4. The van der Waals surface area contributed by atoms with Crippen LogP contribution in [0.15, 0.2) is 60.7 Å². The van der Waals surface area contributed by atoms with Crippen LogP contribution in [0, 0.1) is 0 Å². The number of amides is 1. The van der Waals surface area contributed by atoms with Gasteiger partial charge in [-0.05, 0) is 57.9 Å². The van der Waals surface area contributed by atoms with E-state index in [0.717, 1.165) is 66.1 Å². The summed E-state index contributed by atoms with van der Waals surface area (Å²) in [7, 11) is 0. The average molecular weight is 501 g/mol. The molecule has 1 fully saturated rings. The number of carbonyl (C=O) groups excluding carboxylic acids is 1. The molecule has 3 heterocycles. The van der Waals surface area contributed by atoms with Crippen LogP contribution >= 0.6 is 0 Å². The molecule has 2 aromatic heterocycles. The van der Waals surface area contributed by atoms with Gasteiger partial charge in [-0.2, -0.15) is 0 Å². The van der Waals surface area contributed by atoms with Crippen molar-refractivity contribution < 1.29 is 9.53 Å². The van der Waals surface area contributed by atoms with Gasteiger partial charge in [0.25, 0.3) is 0 Å². The highest BCUT2D eigenvalue weighted by Gasteiger charge is 2.22. The van der Waals surface area contributed by atoms with Crippen molar-refractivity contribution in [2.24, 2.45) is 0 Å². The molecule has 0 saturated carbocycles. The number of fused-ring (bicyclic) bond motifs is 2. The van der Waals surface area contributed by atoms with Crippen LogP contribution in [-0.2, 0) is 11.3 Å². The summed E-state index contributed by atoms with van der Waals surface area (Å²) in [6, 6.07) is 21.1. The Kier molecular flexibility index (Phi) is 7.28. The van der Waals surface area contributed by atoms with Crippen molar-refractivity contribution in [1.82, 2.24) is 24.8 Å². The largest absolute Gasteiger partial charge is 0.444 e. The lowest BCUT2D eigenvalue weighted by Crippen LogP contribution is -2.43. The molecule has 2 N–H and O–H groups in total. The van der Waals surface area contributed by atoms with E-state index >= 15 is 0 Å². The van der Waals surface area contributed by atoms with E-state index < -0.39 is 5.60 Å². The molecule has 4 aromatic rings. The number of alkyl carbamates (subject to hydrolysis) is 1. The van der Waals surface area contributed by atoms with Gasteiger partial charge in [-0.3, -0.25) is 4.98 Å². The van der Waals surface area contributed by atoms with Gasteiger partial charge in [0.2, 0.25) is 5.95 Å². The monoisotopic (exact) mass is 500 g/mol. The summed E-state index contributed by atoms with van der Waals surface area (Å²) in [6.07, 6.45) is 1.68. The normalized spacial score (nSPS) is 15.2. The number of benzene rings is 2. The standard InChI is InChI=1S/C29H36N6O2/c1-29(2,3)37-28(36)30-16-19-34-17-14-22(15-18-34)32-27-33-25-10-6-7-11-26(25)35(27)20-23-13-12-21-8-4-5-9-24(21)31-23/h4-13,22H,14-20H2,1-3H3,(H,30,36)(H,32,33). The number of aromatic nitrogens is 3. The maximum Gasteiger partial charge on any atom is 0.407 e. The first-order valence-corrected chi connectivity index (χ1v) is 13.1. The summed E-state index contributed by atoms with van der Waals surface area (Å²) in [4.78, 5) is 24.1. The summed E-state index contributed by atoms with van der Waals surface area (Å²) in [5.74, 6) is 0.890. The summed E-state index contributed by atoms with van der Waals surface area (Å²) in [5.41, 5.74) is 3.63. The smallest absolute Gasteiger partial charge is 0.407 e. The number of likely N-dealkylation sites (tertiary alicyclic amines) is 1. The SMILES string of the molecule is CC(C)(C)OC(=O)NCCN1CCC(Nc2nc3ccccc3n2Cc2ccc3ccccc3n2)CC1. The van der Waals surface area contributed by atoms with Crippen LogP contribution in [0.1, 0.15) is 39.3 Å². The Balaban J connectivity index is 1.21. The van der Waals surface area contributed by atoms with Crippen molar-refractivity contribution >= 4 is 34.0 Å². The van der Waals surface area contributed by atoms with Crippen LogP contribution in [0.3, 0.4) is 0 Å². The number of rotatable bonds is 7. The zero-order valence-corrected chi connectivity index (χ0v) is 21.9. The van der Waals surface area contributed by atoms with Gasteiger partial charge in [0.15, 0.2) is 0 Å². The van der Waals surface area contributed by atoms with Crippen molar-refractivity contribution in [1.29, 1.82) is 0 Å². The number of ether oxygens (including phenoxy) is 1. The number of hydrogen-bond donors (Lipinski definition) is 2. The van der Waals surface area contributed by atoms with Crippen molar-refractivity contribution in [2.75, 3.05) is 31.5 Å².